The van der Waals surface area contributed by atoms with Gasteiger partial charge in [0.05, 0.1) is 5.56 Å². The first-order valence-corrected chi connectivity index (χ1v) is 3.97. The van der Waals surface area contributed by atoms with E-state index < -0.39 is 12.0 Å². The number of rotatable bonds is 2. The summed E-state index contributed by atoms with van der Waals surface area (Å²) in [6.07, 6.45) is 0. The lowest BCUT2D eigenvalue weighted by molar-refractivity contribution is 0.0697. The van der Waals surface area contributed by atoms with Crippen LogP contribution in [0.3, 0.4) is 0 Å². The second-order valence-corrected chi connectivity index (χ2v) is 2.96. The molecule has 6 heteroatoms. The molecule has 1 aromatic rings. The number of hydrogen-bond acceptors (Lipinski definition) is 2. The molecule has 5 nitrogen and oxygen atoms in total. The van der Waals surface area contributed by atoms with Gasteiger partial charge in [0.25, 0.3) is 0 Å². The largest absolute Gasteiger partial charge is 0.478 e. The van der Waals surface area contributed by atoms with E-state index in [9.17, 15) is 9.59 Å². The molecule has 0 atom stereocenters. The number of nitrogens with one attached hydrogen (secondary N) is 1. The number of primary amides is 1. The molecular weight excluding hydrogens is 208 g/mol. The van der Waals surface area contributed by atoms with Crippen LogP contribution in [0.2, 0.25) is 5.02 Å². The summed E-state index contributed by atoms with van der Waals surface area (Å²) in [6.45, 7) is 0. The predicted octanol–water partition coefficient (Wildman–Crippen LogP) is 1.53. The predicted molar refractivity (Wildman–Crippen MR) is 51.6 cm³/mol. The highest BCUT2D eigenvalue weighted by Gasteiger charge is 2.06. The summed E-state index contributed by atoms with van der Waals surface area (Å²) >= 11 is 5.62. The van der Waals surface area contributed by atoms with E-state index in [1.807, 2.05) is 0 Å². The Bertz CT molecular complexity index is 392. The first-order chi connectivity index (χ1) is 6.49. The zero-order valence-electron chi connectivity index (χ0n) is 6.95. The van der Waals surface area contributed by atoms with Crippen molar-refractivity contribution in [1.82, 2.24) is 0 Å². The maximum atomic E-state index is 10.6. The first kappa shape index (κ1) is 10.3. The average molecular weight is 215 g/mol. The van der Waals surface area contributed by atoms with Crippen LogP contribution < -0.4 is 11.1 Å². The minimum atomic E-state index is -1.12. The monoisotopic (exact) mass is 214 g/mol. The van der Waals surface area contributed by atoms with Crippen LogP contribution in [0.15, 0.2) is 18.2 Å². The van der Waals surface area contributed by atoms with E-state index in [1.54, 1.807) is 0 Å². The van der Waals surface area contributed by atoms with Gasteiger partial charge in [0, 0.05) is 10.7 Å². The topological polar surface area (TPSA) is 92.4 Å². The summed E-state index contributed by atoms with van der Waals surface area (Å²) in [6, 6.07) is 3.16. The number of carbonyl (C=O) groups is 2. The Morgan fingerprint density at radius 1 is 1.36 bits per heavy atom. The van der Waals surface area contributed by atoms with Crippen molar-refractivity contribution >= 4 is 29.3 Å². The van der Waals surface area contributed by atoms with Gasteiger partial charge in [-0.05, 0) is 18.2 Å². The van der Waals surface area contributed by atoms with Crippen LogP contribution >= 0.6 is 11.6 Å². The molecule has 0 spiro atoms. The van der Waals surface area contributed by atoms with Crippen molar-refractivity contribution in [3.8, 4) is 0 Å². The fourth-order valence-electron chi connectivity index (χ4n) is 0.928. The number of anilines is 1. The van der Waals surface area contributed by atoms with Crippen molar-refractivity contribution in [2.45, 2.75) is 0 Å². The van der Waals surface area contributed by atoms with Crippen LogP contribution in [0.4, 0.5) is 10.5 Å². The molecule has 0 radical (unpaired) electrons. The molecule has 74 valence electrons. The second-order valence-electron chi connectivity index (χ2n) is 2.52. The van der Waals surface area contributed by atoms with Crippen molar-refractivity contribution < 1.29 is 14.7 Å². The molecule has 0 unspecified atom stereocenters. The SMILES string of the molecule is NC(=O)Nc1cc(Cl)cc(C(=O)O)c1. The van der Waals surface area contributed by atoms with Gasteiger partial charge >= 0.3 is 12.0 Å². The van der Waals surface area contributed by atoms with Crippen LogP contribution in [-0.2, 0) is 0 Å². The summed E-state index contributed by atoms with van der Waals surface area (Å²) in [5.41, 5.74) is 5.10. The van der Waals surface area contributed by atoms with Crippen LogP contribution in [0.5, 0.6) is 0 Å². The third-order valence-corrected chi connectivity index (χ3v) is 1.63. The highest BCUT2D eigenvalue weighted by molar-refractivity contribution is 6.31. The van der Waals surface area contributed by atoms with E-state index in [1.165, 1.54) is 18.2 Å². The van der Waals surface area contributed by atoms with Crippen LogP contribution in [0, 0.1) is 0 Å². The number of benzene rings is 1. The zero-order valence-corrected chi connectivity index (χ0v) is 7.71. The van der Waals surface area contributed by atoms with Crippen LogP contribution in [-0.4, -0.2) is 17.1 Å². The van der Waals surface area contributed by atoms with E-state index in [-0.39, 0.29) is 16.3 Å². The number of nitrogens with two attached hydrogens (primary N) is 1. The second kappa shape index (κ2) is 3.97. The third-order valence-electron chi connectivity index (χ3n) is 1.41. The lowest BCUT2D eigenvalue weighted by Gasteiger charge is -2.03. The number of aromatic carboxylic acids is 1. The number of carbonyl (C=O) groups excluding carboxylic acids is 1. The van der Waals surface area contributed by atoms with Gasteiger partial charge in [-0.2, -0.15) is 0 Å². The molecule has 0 heterocycles. The molecule has 2 amide bonds. The van der Waals surface area contributed by atoms with Gasteiger partial charge in [0.15, 0.2) is 0 Å². The van der Waals surface area contributed by atoms with E-state index in [0.717, 1.165) is 0 Å². The standard InChI is InChI=1S/C8H7ClN2O3/c9-5-1-4(7(12)13)2-6(3-5)11-8(10)14/h1-3H,(H,12,13)(H3,10,11,14). The fourth-order valence-corrected chi connectivity index (χ4v) is 1.16. The molecule has 0 aliphatic rings. The Kier molecular flexibility index (Phi) is 2.93. The average Bonchev–Trinajstić information content (AvgIpc) is 2.01. The van der Waals surface area contributed by atoms with Crippen LogP contribution in [0.1, 0.15) is 10.4 Å². The Labute approximate surface area is 84.5 Å². The summed E-state index contributed by atoms with van der Waals surface area (Å²) in [4.78, 5) is 21.1. The maximum absolute atomic E-state index is 10.6. The molecule has 1 rings (SSSR count). The smallest absolute Gasteiger partial charge is 0.335 e. The summed E-state index contributed by atoms with van der Waals surface area (Å²) < 4.78 is 0. The summed E-state index contributed by atoms with van der Waals surface area (Å²) in [5.74, 6) is -1.12. The van der Waals surface area contributed by atoms with Crippen molar-refractivity contribution in [3.63, 3.8) is 0 Å². The highest BCUT2D eigenvalue weighted by atomic mass is 35.5. The highest BCUT2D eigenvalue weighted by Crippen LogP contribution is 2.18. The number of carboxylic acid groups (broad SMARTS) is 1. The minimum Gasteiger partial charge on any atom is -0.478 e. The Balaban J connectivity index is 3.07. The Morgan fingerprint density at radius 3 is 2.50 bits per heavy atom. The summed E-state index contributed by atoms with van der Waals surface area (Å²) in [5, 5.41) is 11.1. The molecule has 4 N–H and O–H groups in total. The van der Waals surface area contributed by atoms with Gasteiger partial charge in [-0.3, -0.25) is 0 Å². The van der Waals surface area contributed by atoms with E-state index in [2.05, 4.69) is 5.32 Å². The molecule has 0 aliphatic carbocycles. The molecule has 0 bridgehead atoms. The van der Waals surface area contributed by atoms with Crippen molar-refractivity contribution in [1.29, 1.82) is 0 Å². The maximum Gasteiger partial charge on any atom is 0.335 e. The fraction of sp³-hybridized carbons (Fsp3) is 0. The van der Waals surface area contributed by atoms with Crippen molar-refractivity contribution in [2.75, 3.05) is 5.32 Å². The number of amides is 2. The van der Waals surface area contributed by atoms with E-state index in [4.69, 9.17) is 22.4 Å². The number of carboxylic acids is 1. The minimum absolute atomic E-state index is 0.0127. The van der Waals surface area contributed by atoms with Gasteiger partial charge in [0.1, 0.15) is 0 Å². The quantitative estimate of drug-likeness (QED) is 0.697. The van der Waals surface area contributed by atoms with Crippen LogP contribution in [0.25, 0.3) is 0 Å². The number of halogens is 1. The van der Waals surface area contributed by atoms with Gasteiger partial charge in [0.2, 0.25) is 0 Å². The van der Waals surface area contributed by atoms with Crippen molar-refractivity contribution in [3.05, 3.63) is 28.8 Å². The molecule has 0 aromatic heterocycles. The van der Waals surface area contributed by atoms with Gasteiger partial charge in [-0.25, -0.2) is 9.59 Å². The molecule has 14 heavy (non-hydrogen) atoms. The molecule has 0 saturated carbocycles. The van der Waals surface area contributed by atoms with Gasteiger partial charge < -0.3 is 16.2 Å². The normalized spacial score (nSPS) is 9.50. The molecule has 0 saturated heterocycles. The lowest BCUT2D eigenvalue weighted by Crippen LogP contribution is -2.19. The van der Waals surface area contributed by atoms with Gasteiger partial charge in [-0.15, -0.1) is 0 Å². The zero-order chi connectivity index (χ0) is 10.7. The number of urea groups is 1. The molecule has 1 aromatic carbocycles. The third kappa shape index (κ3) is 2.63. The van der Waals surface area contributed by atoms with Crippen molar-refractivity contribution in [2.24, 2.45) is 5.73 Å². The Hall–Kier alpha value is -1.75. The summed E-state index contributed by atoms with van der Waals surface area (Å²) in [7, 11) is 0. The Morgan fingerprint density at radius 2 is 2.00 bits per heavy atom. The van der Waals surface area contributed by atoms with E-state index in [0.29, 0.717) is 0 Å². The van der Waals surface area contributed by atoms with Gasteiger partial charge in [-0.1, -0.05) is 11.6 Å². The molecule has 0 aliphatic heterocycles. The molecule has 0 fully saturated rings. The molecular formula is C8H7ClN2O3. The van der Waals surface area contributed by atoms with E-state index >= 15 is 0 Å². The first-order valence-electron chi connectivity index (χ1n) is 3.59. The number of hydrogen-bond donors (Lipinski definition) is 3. The lowest BCUT2D eigenvalue weighted by atomic mass is 10.2.